The van der Waals surface area contributed by atoms with Crippen molar-refractivity contribution < 1.29 is 4.79 Å². The molecule has 0 aliphatic heterocycles. The van der Waals surface area contributed by atoms with E-state index >= 15 is 0 Å². The molecule has 1 aromatic carbocycles. The molecule has 0 saturated carbocycles. The summed E-state index contributed by atoms with van der Waals surface area (Å²) in [5.41, 5.74) is 3.17. The predicted molar refractivity (Wildman–Crippen MR) is 82.6 cm³/mol. The van der Waals surface area contributed by atoms with E-state index in [4.69, 9.17) is 5.26 Å². The second-order valence-electron chi connectivity index (χ2n) is 5.18. The van der Waals surface area contributed by atoms with Gasteiger partial charge in [-0.25, -0.2) is 9.50 Å². The molecule has 7 nitrogen and oxygen atoms in total. The van der Waals surface area contributed by atoms with Crippen molar-refractivity contribution in [3.8, 4) is 6.07 Å². The smallest absolute Gasteiger partial charge is 0.291 e. The van der Waals surface area contributed by atoms with Crippen LogP contribution in [0.4, 0.5) is 0 Å². The summed E-state index contributed by atoms with van der Waals surface area (Å²) in [6, 6.07) is 10.9. The molecule has 0 atom stereocenters. The van der Waals surface area contributed by atoms with E-state index in [0.717, 1.165) is 17.0 Å². The van der Waals surface area contributed by atoms with Gasteiger partial charge >= 0.3 is 0 Å². The molecule has 7 heteroatoms. The van der Waals surface area contributed by atoms with Crippen molar-refractivity contribution in [2.75, 3.05) is 0 Å². The van der Waals surface area contributed by atoms with E-state index in [-0.39, 0.29) is 11.7 Å². The first-order chi connectivity index (χ1) is 11.1. The van der Waals surface area contributed by atoms with Gasteiger partial charge in [0.1, 0.15) is 0 Å². The third-order valence-electron chi connectivity index (χ3n) is 3.36. The van der Waals surface area contributed by atoms with E-state index in [9.17, 15) is 4.79 Å². The number of carbonyl (C=O) groups is 1. The first-order valence-electron chi connectivity index (χ1n) is 7.05. The lowest BCUT2D eigenvalue weighted by Gasteiger charge is -2.02. The van der Waals surface area contributed by atoms with Gasteiger partial charge in [-0.15, -0.1) is 5.10 Å². The van der Waals surface area contributed by atoms with Gasteiger partial charge in [0.25, 0.3) is 11.7 Å². The number of rotatable bonds is 3. The number of amides is 1. The van der Waals surface area contributed by atoms with E-state index in [2.05, 4.69) is 26.5 Å². The SMILES string of the molecule is Cc1cc(C)n2nc(C(=O)NCc3ccc(C#N)cc3)nc2n1. The van der Waals surface area contributed by atoms with Gasteiger partial charge in [0.05, 0.1) is 11.6 Å². The largest absolute Gasteiger partial charge is 0.345 e. The van der Waals surface area contributed by atoms with Gasteiger partial charge in [0.2, 0.25) is 5.82 Å². The number of hydrogen-bond donors (Lipinski definition) is 1. The van der Waals surface area contributed by atoms with Gasteiger partial charge in [-0.3, -0.25) is 4.79 Å². The maximum absolute atomic E-state index is 12.2. The predicted octanol–water partition coefficient (Wildman–Crippen LogP) is 1.54. The van der Waals surface area contributed by atoms with Gasteiger partial charge < -0.3 is 5.32 Å². The van der Waals surface area contributed by atoms with Crippen LogP contribution in [0.1, 0.15) is 33.1 Å². The molecule has 2 aromatic heterocycles. The van der Waals surface area contributed by atoms with E-state index < -0.39 is 0 Å². The van der Waals surface area contributed by atoms with Gasteiger partial charge in [-0.1, -0.05) is 12.1 Å². The fourth-order valence-electron chi connectivity index (χ4n) is 2.22. The minimum Gasteiger partial charge on any atom is -0.345 e. The lowest BCUT2D eigenvalue weighted by Crippen LogP contribution is -2.24. The van der Waals surface area contributed by atoms with Crippen LogP contribution in [-0.4, -0.2) is 25.5 Å². The summed E-state index contributed by atoms with van der Waals surface area (Å²) in [5.74, 6) is 0.128. The zero-order valence-corrected chi connectivity index (χ0v) is 12.7. The number of nitriles is 1. The van der Waals surface area contributed by atoms with Crippen LogP contribution in [0.15, 0.2) is 30.3 Å². The van der Waals surface area contributed by atoms with Crippen molar-refractivity contribution >= 4 is 11.7 Å². The van der Waals surface area contributed by atoms with Gasteiger partial charge in [0.15, 0.2) is 0 Å². The van der Waals surface area contributed by atoms with Crippen molar-refractivity contribution in [1.29, 1.82) is 5.26 Å². The molecule has 0 aliphatic rings. The molecule has 0 radical (unpaired) electrons. The Morgan fingerprint density at radius 2 is 2.00 bits per heavy atom. The second kappa shape index (κ2) is 5.85. The van der Waals surface area contributed by atoms with Crippen LogP contribution in [0.3, 0.4) is 0 Å². The number of nitrogens with zero attached hydrogens (tertiary/aromatic N) is 5. The summed E-state index contributed by atoms with van der Waals surface area (Å²) in [6.45, 7) is 4.09. The Labute approximate surface area is 132 Å². The molecule has 23 heavy (non-hydrogen) atoms. The summed E-state index contributed by atoms with van der Waals surface area (Å²) < 4.78 is 1.55. The molecule has 114 valence electrons. The van der Waals surface area contributed by atoms with Gasteiger partial charge in [0, 0.05) is 17.9 Å². The van der Waals surface area contributed by atoms with Crippen molar-refractivity contribution in [2.24, 2.45) is 0 Å². The van der Waals surface area contributed by atoms with Crippen molar-refractivity contribution in [2.45, 2.75) is 20.4 Å². The van der Waals surface area contributed by atoms with Crippen molar-refractivity contribution in [3.63, 3.8) is 0 Å². The number of aromatic nitrogens is 4. The second-order valence-corrected chi connectivity index (χ2v) is 5.18. The Bertz CT molecular complexity index is 920. The summed E-state index contributed by atoms with van der Waals surface area (Å²) in [5, 5.41) is 15.7. The number of benzene rings is 1. The van der Waals surface area contributed by atoms with Crippen LogP contribution in [0.25, 0.3) is 5.78 Å². The highest BCUT2D eigenvalue weighted by Crippen LogP contribution is 2.06. The molecule has 3 rings (SSSR count). The standard InChI is InChI=1S/C16H14N6O/c1-10-7-11(2)22-16(19-10)20-14(21-22)15(23)18-9-13-5-3-12(8-17)4-6-13/h3-7H,9H2,1-2H3,(H,18,23). The fourth-order valence-corrected chi connectivity index (χ4v) is 2.22. The third kappa shape index (κ3) is 3.01. The Morgan fingerprint density at radius 3 is 2.70 bits per heavy atom. The van der Waals surface area contributed by atoms with E-state index in [1.165, 1.54) is 0 Å². The Morgan fingerprint density at radius 1 is 1.26 bits per heavy atom. The first kappa shape index (κ1) is 14.7. The molecule has 0 saturated heterocycles. The maximum atomic E-state index is 12.2. The lowest BCUT2D eigenvalue weighted by atomic mass is 10.1. The van der Waals surface area contributed by atoms with Gasteiger partial charge in [-0.2, -0.15) is 10.2 Å². The van der Waals surface area contributed by atoms with Crippen molar-refractivity contribution in [3.05, 3.63) is 58.7 Å². The molecule has 0 fully saturated rings. The zero-order chi connectivity index (χ0) is 16.4. The molecule has 1 N–H and O–H groups in total. The van der Waals surface area contributed by atoms with Crippen LogP contribution in [0.5, 0.6) is 0 Å². The molecule has 1 amide bonds. The molecule has 0 aliphatic carbocycles. The minimum atomic E-state index is -0.364. The number of nitrogens with one attached hydrogen (secondary N) is 1. The summed E-state index contributed by atoms with van der Waals surface area (Å²) >= 11 is 0. The minimum absolute atomic E-state index is 0.0832. The Balaban J connectivity index is 1.75. The molecule has 0 unspecified atom stereocenters. The number of hydrogen-bond acceptors (Lipinski definition) is 5. The molecule has 0 spiro atoms. The summed E-state index contributed by atoms with van der Waals surface area (Å²) in [7, 11) is 0. The Hall–Kier alpha value is -3.27. The van der Waals surface area contributed by atoms with Gasteiger partial charge in [-0.05, 0) is 37.6 Å². The lowest BCUT2D eigenvalue weighted by molar-refractivity contribution is 0.0940. The van der Waals surface area contributed by atoms with Crippen molar-refractivity contribution in [1.82, 2.24) is 24.9 Å². The number of carbonyl (C=O) groups excluding carboxylic acids is 1. The first-order valence-corrected chi connectivity index (χ1v) is 7.05. The van der Waals surface area contributed by atoms with Crippen LogP contribution < -0.4 is 5.32 Å². The summed E-state index contributed by atoms with van der Waals surface area (Å²) in [6.07, 6.45) is 0. The van der Waals surface area contributed by atoms with Crippen LogP contribution in [0, 0.1) is 25.2 Å². The average Bonchev–Trinajstić information content (AvgIpc) is 2.97. The van der Waals surface area contributed by atoms with Crippen LogP contribution in [0.2, 0.25) is 0 Å². The molecule has 2 heterocycles. The fraction of sp³-hybridized carbons (Fsp3) is 0.188. The average molecular weight is 306 g/mol. The van der Waals surface area contributed by atoms with E-state index in [0.29, 0.717) is 17.9 Å². The van der Waals surface area contributed by atoms with Crippen LogP contribution in [-0.2, 0) is 6.54 Å². The highest BCUT2D eigenvalue weighted by molar-refractivity contribution is 5.90. The van der Waals surface area contributed by atoms with E-state index in [1.807, 2.05) is 19.9 Å². The zero-order valence-electron chi connectivity index (χ0n) is 12.7. The molecule has 3 aromatic rings. The Kier molecular flexibility index (Phi) is 3.73. The summed E-state index contributed by atoms with van der Waals surface area (Å²) in [4.78, 5) is 20.6. The number of aryl methyl sites for hydroxylation is 2. The maximum Gasteiger partial charge on any atom is 0.291 e. The molecular formula is C16H14N6O. The number of fused-ring (bicyclic) bond motifs is 1. The highest BCUT2D eigenvalue weighted by Gasteiger charge is 2.14. The monoisotopic (exact) mass is 306 g/mol. The van der Waals surface area contributed by atoms with Crippen LogP contribution >= 0.6 is 0 Å². The van der Waals surface area contributed by atoms with E-state index in [1.54, 1.807) is 28.8 Å². The quantitative estimate of drug-likeness (QED) is 0.792. The third-order valence-corrected chi connectivity index (χ3v) is 3.36. The topological polar surface area (TPSA) is 96.0 Å². The highest BCUT2D eigenvalue weighted by atomic mass is 16.2. The molecular weight excluding hydrogens is 292 g/mol. The normalized spacial score (nSPS) is 10.5. The molecule has 0 bridgehead atoms.